The normalized spacial score (nSPS) is 20.2. The zero-order chi connectivity index (χ0) is 17.3. The van der Waals surface area contributed by atoms with Gasteiger partial charge in [0.1, 0.15) is 11.3 Å². The predicted octanol–water partition coefficient (Wildman–Crippen LogP) is 3.32. The highest BCUT2D eigenvalue weighted by atomic mass is 35.5. The molecule has 3 rings (SSSR count). The second-order valence-electron chi connectivity index (χ2n) is 5.80. The molecule has 0 aromatic heterocycles. The summed E-state index contributed by atoms with van der Waals surface area (Å²) >= 11 is 5.90. The predicted molar refractivity (Wildman–Crippen MR) is 90.9 cm³/mol. The number of halogens is 1. The largest absolute Gasteiger partial charge is 0.497 e. The highest BCUT2D eigenvalue weighted by Gasteiger charge is 2.48. The molecule has 1 fully saturated rings. The molecule has 5 nitrogen and oxygen atoms in total. The number of amides is 3. The van der Waals surface area contributed by atoms with Crippen molar-refractivity contribution in [3.05, 3.63) is 64.7 Å². The number of urea groups is 1. The van der Waals surface area contributed by atoms with Gasteiger partial charge in [0.25, 0.3) is 5.91 Å². The average Bonchev–Trinajstić information content (AvgIpc) is 2.80. The smallest absolute Gasteiger partial charge is 0.325 e. The number of hydrogen-bond donors (Lipinski definition) is 1. The number of methoxy groups -OCH3 is 1. The number of carbonyl (C=O) groups is 2. The lowest BCUT2D eigenvalue weighted by molar-refractivity contribution is -0.131. The topological polar surface area (TPSA) is 58.6 Å². The van der Waals surface area contributed by atoms with Crippen LogP contribution in [0.1, 0.15) is 18.1 Å². The first-order valence-electron chi connectivity index (χ1n) is 7.47. The maximum Gasteiger partial charge on any atom is 0.325 e. The van der Waals surface area contributed by atoms with E-state index in [1.165, 1.54) is 4.90 Å². The van der Waals surface area contributed by atoms with Gasteiger partial charge in [-0.2, -0.15) is 0 Å². The van der Waals surface area contributed by atoms with Crippen LogP contribution in [-0.2, 0) is 16.9 Å². The minimum atomic E-state index is -1.10. The van der Waals surface area contributed by atoms with Crippen molar-refractivity contribution in [2.75, 3.05) is 7.11 Å². The molecule has 124 valence electrons. The Bertz CT molecular complexity index is 791. The summed E-state index contributed by atoms with van der Waals surface area (Å²) in [5.41, 5.74) is 0.414. The summed E-state index contributed by atoms with van der Waals surface area (Å²) in [6.07, 6.45) is 0. The zero-order valence-corrected chi connectivity index (χ0v) is 14.1. The molecule has 3 amide bonds. The first kappa shape index (κ1) is 16.3. The molecule has 1 aliphatic heterocycles. The molecular weight excluding hydrogens is 328 g/mol. The van der Waals surface area contributed by atoms with Gasteiger partial charge in [0.2, 0.25) is 0 Å². The monoisotopic (exact) mass is 344 g/mol. The van der Waals surface area contributed by atoms with E-state index in [1.807, 2.05) is 18.2 Å². The van der Waals surface area contributed by atoms with Crippen LogP contribution in [0.15, 0.2) is 48.5 Å². The molecule has 0 spiro atoms. The van der Waals surface area contributed by atoms with E-state index in [2.05, 4.69) is 5.32 Å². The molecule has 1 heterocycles. The zero-order valence-electron chi connectivity index (χ0n) is 13.4. The number of benzene rings is 2. The van der Waals surface area contributed by atoms with E-state index in [9.17, 15) is 9.59 Å². The van der Waals surface area contributed by atoms with E-state index in [0.717, 1.165) is 5.56 Å². The maximum absolute atomic E-state index is 12.9. The van der Waals surface area contributed by atoms with E-state index < -0.39 is 11.6 Å². The van der Waals surface area contributed by atoms with E-state index in [-0.39, 0.29) is 12.5 Å². The Labute approximate surface area is 145 Å². The van der Waals surface area contributed by atoms with Gasteiger partial charge in [0.05, 0.1) is 13.7 Å². The molecule has 1 atom stereocenters. The second kappa shape index (κ2) is 6.17. The molecule has 6 heteroatoms. The van der Waals surface area contributed by atoms with Crippen molar-refractivity contribution in [3.8, 4) is 5.75 Å². The van der Waals surface area contributed by atoms with E-state index >= 15 is 0 Å². The van der Waals surface area contributed by atoms with Crippen LogP contribution in [0.4, 0.5) is 4.79 Å². The fourth-order valence-electron chi connectivity index (χ4n) is 2.77. The SMILES string of the molecule is COc1cccc(CN2C(=O)N[C@@](C)(c3ccc(Cl)cc3)C2=O)c1. The Hall–Kier alpha value is -2.53. The summed E-state index contributed by atoms with van der Waals surface area (Å²) in [7, 11) is 1.57. The van der Waals surface area contributed by atoms with Crippen molar-refractivity contribution in [1.82, 2.24) is 10.2 Å². The van der Waals surface area contributed by atoms with Crippen molar-refractivity contribution in [1.29, 1.82) is 0 Å². The quantitative estimate of drug-likeness (QED) is 0.866. The molecule has 1 N–H and O–H groups in total. The molecule has 1 saturated heterocycles. The molecule has 2 aromatic carbocycles. The number of hydrogen-bond acceptors (Lipinski definition) is 3. The second-order valence-corrected chi connectivity index (χ2v) is 6.24. The van der Waals surface area contributed by atoms with Crippen LogP contribution in [0.5, 0.6) is 5.75 Å². The average molecular weight is 345 g/mol. The standard InChI is InChI=1S/C18H17ClN2O3/c1-18(13-6-8-14(19)9-7-13)16(22)21(17(23)20-18)11-12-4-3-5-15(10-12)24-2/h3-10H,11H2,1-2H3,(H,20,23)/t18-/m0/s1. The molecule has 2 aromatic rings. The number of nitrogens with zero attached hydrogens (tertiary/aromatic N) is 1. The van der Waals surface area contributed by atoms with Crippen LogP contribution in [0.3, 0.4) is 0 Å². The third-order valence-corrected chi connectivity index (χ3v) is 4.42. The van der Waals surface area contributed by atoms with Gasteiger partial charge in [0, 0.05) is 5.02 Å². The van der Waals surface area contributed by atoms with Gasteiger partial charge in [-0.25, -0.2) is 4.79 Å². The van der Waals surface area contributed by atoms with Gasteiger partial charge in [-0.1, -0.05) is 35.9 Å². The molecule has 0 unspecified atom stereocenters. The van der Waals surface area contributed by atoms with Crippen molar-refractivity contribution in [2.24, 2.45) is 0 Å². The molecule has 0 radical (unpaired) electrons. The number of ether oxygens (including phenoxy) is 1. The summed E-state index contributed by atoms with van der Waals surface area (Å²) in [6, 6.07) is 13.8. The molecule has 1 aliphatic rings. The fourth-order valence-corrected chi connectivity index (χ4v) is 2.90. The van der Waals surface area contributed by atoms with Crippen LogP contribution in [0, 0.1) is 0 Å². The Morgan fingerprint density at radius 2 is 1.88 bits per heavy atom. The van der Waals surface area contributed by atoms with Crippen molar-refractivity contribution < 1.29 is 14.3 Å². The maximum atomic E-state index is 12.9. The number of imide groups is 1. The van der Waals surface area contributed by atoms with Crippen molar-refractivity contribution in [3.63, 3.8) is 0 Å². The van der Waals surface area contributed by atoms with E-state index in [0.29, 0.717) is 16.3 Å². The fraction of sp³-hybridized carbons (Fsp3) is 0.222. The summed E-state index contributed by atoms with van der Waals surface area (Å²) in [4.78, 5) is 26.4. The van der Waals surface area contributed by atoms with Crippen LogP contribution in [-0.4, -0.2) is 23.9 Å². The van der Waals surface area contributed by atoms with E-state index in [4.69, 9.17) is 16.3 Å². The highest BCUT2D eigenvalue weighted by Crippen LogP contribution is 2.30. The van der Waals surface area contributed by atoms with Gasteiger partial charge in [-0.15, -0.1) is 0 Å². The van der Waals surface area contributed by atoms with Gasteiger partial charge in [0.15, 0.2) is 0 Å². The van der Waals surface area contributed by atoms with Gasteiger partial charge in [-0.05, 0) is 42.3 Å². The Balaban J connectivity index is 1.87. The van der Waals surface area contributed by atoms with E-state index in [1.54, 1.807) is 44.4 Å². The Morgan fingerprint density at radius 3 is 2.54 bits per heavy atom. The third kappa shape index (κ3) is 2.83. The minimum Gasteiger partial charge on any atom is -0.497 e. The van der Waals surface area contributed by atoms with Crippen LogP contribution in [0.25, 0.3) is 0 Å². The minimum absolute atomic E-state index is 0.186. The first-order valence-corrected chi connectivity index (χ1v) is 7.85. The van der Waals surface area contributed by atoms with Gasteiger partial charge < -0.3 is 10.1 Å². The number of carbonyl (C=O) groups excluding carboxylic acids is 2. The lowest BCUT2D eigenvalue weighted by Crippen LogP contribution is -2.40. The lowest BCUT2D eigenvalue weighted by atomic mass is 9.92. The Kier molecular flexibility index (Phi) is 4.20. The van der Waals surface area contributed by atoms with Crippen LogP contribution < -0.4 is 10.1 Å². The Morgan fingerprint density at radius 1 is 1.17 bits per heavy atom. The summed E-state index contributed by atoms with van der Waals surface area (Å²) < 4.78 is 5.18. The van der Waals surface area contributed by atoms with Gasteiger partial charge in [-0.3, -0.25) is 9.69 Å². The van der Waals surface area contributed by atoms with Gasteiger partial charge >= 0.3 is 6.03 Å². The number of rotatable bonds is 4. The van der Waals surface area contributed by atoms with Crippen molar-refractivity contribution >= 4 is 23.5 Å². The molecule has 0 saturated carbocycles. The molecular formula is C18H17ClN2O3. The molecule has 0 bridgehead atoms. The first-order chi connectivity index (χ1) is 11.4. The van der Waals surface area contributed by atoms with Crippen LogP contribution >= 0.6 is 11.6 Å². The number of nitrogens with one attached hydrogen (secondary N) is 1. The van der Waals surface area contributed by atoms with Crippen molar-refractivity contribution in [2.45, 2.75) is 19.0 Å². The van der Waals surface area contributed by atoms with Crippen LogP contribution in [0.2, 0.25) is 5.02 Å². The summed E-state index contributed by atoms with van der Waals surface area (Å²) in [6.45, 7) is 1.88. The third-order valence-electron chi connectivity index (χ3n) is 4.17. The lowest BCUT2D eigenvalue weighted by Gasteiger charge is -2.22. The molecule has 24 heavy (non-hydrogen) atoms. The highest BCUT2D eigenvalue weighted by molar-refractivity contribution is 6.30. The molecule has 0 aliphatic carbocycles. The summed E-state index contributed by atoms with van der Waals surface area (Å²) in [5.74, 6) is 0.387. The summed E-state index contributed by atoms with van der Waals surface area (Å²) in [5, 5.41) is 3.35.